The lowest BCUT2D eigenvalue weighted by Crippen LogP contribution is -2.40. The molecular formula is C6H13NS. The molecule has 0 amide bonds. The van der Waals surface area contributed by atoms with Crippen molar-refractivity contribution in [1.82, 2.24) is 4.90 Å². The second-order valence-corrected chi connectivity index (χ2v) is 3.47. The van der Waals surface area contributed by atoms with E-state index in [9.17, 15) is 0 Å². The SMILES string of the molecule is CN(C)C1CC(S)C1. The summed E-state index contributed by atoms with van der Waals surface area (Å²) in [5.41, 5.74) is 0. The molecule has 1 nitrogen and oxygen atoms in total. The summed E-state index contributed by atoms with van der Waals surface area (Å²) in [6.07, 6.45) is 2.55. The lowest BCUT2D eigenvalue weighted by atomic mass is 9.91. The molecule has 1 fully saturated rings. The fourth-order valence-corrected chi connectivity index (χ4v) is 1.47. The normalized spacial score (nSPS) is 37.5. The molecular weight excluding hydrogens is 118 g/mol. The van der Waals surface area contributed by atoms with Crippen molar-refractivity contribution >= 4 is 12.6 Å². The van der Waals surface area contributed by atoms with Crippen LogP contribution in [0.2, 0.25) is 0 Å². The summed E-state index contributed by atoms with van der Waals surface area (Å²) in [4.78, 5) is 2.27. The summed E-state index contributed by atoms with van der Waals surface area (Å²) in [7, 11) is 4.26. The van der Waals surface area contributed by atoms with Crippen LogP contribution in [0.25, 0.3) is 0 Å². The first-order chi connectivity index (χ1) is 3.70. The fourth-order valence-electron chi connectivity index (χ4n) is 0.981. The Labute approximate surface area is 56.5 Å². The topological polar surface area (TPSA) is 3.24 Å². The molecule has 0 unspecified atom stereocenters. The summed E-state index contributed by atoms with van der Waals surface area (Å²) in [6.45, 7) is 0. The van der Waals surface area contributed by atoms with Gasteiger partial charge in [0, 0.05) is 11.3 Å². The number of hydrogen-bond donors (Lipinski definition) is 1. The zero-order chi connectivity index (χ0) is 6.15. The quantitative estimate of drug-likeness (QED) is 0.520. The van der Waals surface area contributed by atoms with Gasteiger partial charge in [0.15, 0.2) is 0 Å². The molecule has 0 aromatic rings. The largest absolute Gasteiger partial charge is 0.306 e. The van der Waals surface area contributed by atoms with Gasteiger partial charge in [-0.15, -0.1) is 0 Å². The minimum Gasteiger partial charge on any atom is -0.306 e. The van der Waals surface area contributed by atoms with Gasteiger partial charge < -0.3 is 4.90 Å². The summed E-state index contributed by atoms with van der Waals surface area (Å²) in [5.74, 6) is 0. The highest BCUT2D eigenvalue weighted by Crippen LogP contribution is 2.27. The highest BCUT2D eigenvalue weighted by atomic mass is 32.1. The molecule has 0 radical (unpaired) electrons. The third kappa shape index (κ3) is 1.17. The van der Waals surface area contributed by atoms with Gasteiger partial charge in [0.05, 0.1) is 0 Å². The molecule has 0 spiro atoms. The van der Waals surface area contributed by atoms with E-state index in [-0.39, 0.29) is 0 Å². The van der Waals surface area contributed by atoms with Gasteiger partial charge >= 0.3 is 0 Å². The van der Waals surface area contributed by atoms with Gasteiger partial charge in [0.2, 0.25) is 0 Å². The third-order valence-electron chi connectivity index (χ3n) is 1.82. The van der Waals surface area contributed by atoms with Crippen molar-refractivity contribution in [3.63, 3.8) is 0 Å². The molecule has 0 N–H and O–H groups in total. The number of hydrogen-bond acceptors (Lipinski definition) is 2. The highest BCUT2D eigenvalue weighted by molar-refractivity contribution is 7.81. The van der Waals surface area contributed by atoms with Crippen LogP contribution in [-0.2, 0) is 0 Å². The van der Waals surface area contributed by atoms with Gasteiger partial charge in [-0.05, 0) is 26.9 Å². The van der Waals surface area contributed by atoms with Crippen molar-refractivity contribution in [1.29, 1.82) is 0 Å². The zero-order valence-corrected chi connectivity index (χ0v) is 6.36. The summed E-state index contributed by atoms with van der Waals surface area (Å²) < 4.78 is 0. The van der Waals surface area contributed by atoms with Crippen molar-refractivity contribution in [3.8, 4) is 0 Å². The molecule has 0 saturated heterocycles. The van der Waals surface area contributed by atoms with Crippen LogP contribution < -0.4 is 0 Å². The van der Waals surface area contributed by atoms with Crippen LogP contribution >= 0.6 is 12.6 Å². The number of rotatable bonds is 1. The van der Waals surface area contributed by atoms with E-state index in [1.807, 2.05) is 0 Å². The number of nitrogens with zero attached hydrogens (tertiary/aromatic N) is 1. The minimum atomic E-state index is 0.683. The minimum absolute atomic E-state index is 0.683. The van der Waals surface area contributed by atoms with Gasteiger partial charge in [-0.3, -0.25) is 0 Å². The van der Waals surface area contributed by atoms with E-state index >= 15 is 0 Å². The Hall–Kier alpha value is 0.310. The van der Waals surface area contributed by atoms with Crippen molar-refractivity contribution in [2.45, 2.75) is 24.1 Å². The third-order valence-corrected chi connectivity index (χ3v) is 2.24. The van der Waals surface area contributed by atoms with Gasteiger partial charge in [0.1, 0.15) is 0 Å². The Morgan fingerprint density at radius 2 is 1.88 bits per heavy atom. The fraction of sp³-hybridized carbons (Fsp3) is 1.00. The second-order valence-electron chi connectivity index (χ2n) is 2.74. The maximum atomic E-state index is 4.31. The first kappa shape index (κ1) is 6.43. The van der Waals surface area contributed by atoms with Crippen LogP contribution in [0.5, 0.6) is 0 Å². The maximum absolute atomic E-state index is 4.31. The first-order valence-corrected chi connectivity index (χ1v) is 3.56. The van der Waals surface area contributed by atoms with E-state index in [0.717, 1.165) is 6.04 Å². The van der Waals surface area contributed by atoms with Crippen molar-refractivity contribution in [2.24, 2.45) is 0 Å². The van der Waals surface area contributed by atoms with Crippen LogP contribution in [0.15, 0.2) is 0 Å². The van der Waals surface area contributed by atoms with Crippen LogP contribution in [0, 0.1) is 0 Å². The smallest absolute Gasteiger partial charge is 0.0110 e. The molecule has 8 heavy (non-hydrogen) atoms. The van der Waals surface area contributed by atoms with Crippen LogP contribution in [0.3, 0.4) is 0 Å². The van der Waals surface area contributed by atoms with E-state index in [0.29, 0.717) is 5.25 Å². The van der Waals surface area contributed by atoms with Crippen LogP contribution in [-0.4, -0.2) is 30.3 Å². The molecule has 2 heteroatoms. The predicted molar refractivity (Wildman–Crippen MR) is 39.5 cm³/mol. The molecule has 0 bridgehead atoms. The summed E-state index contributed by atoms with van der Waals surface area (Å²) in [5, 5.41) is 0.683. The lowest BCUT2D eigenvalue weighted by Gasteiger charge is -2.36. The van der Waals surface area contributed by atoms with Gasteiger partial charge in [0.25, 0.3) is 0 Å². The van der Waals surface area contributed by atoms with E-state index in [4.69, 9.17) is 0 Å². The van der Waals surface area contributed by atoms with Crippen molar-refractivity contribution in [2.75, 3.05) is 14.1 Å². The van der Waals surface area contributed by atoms with Crippen molar-refractivity contribution in [3.05, 3.63) is 0 Å². The van der Waals surface area contributed by atoms with Crippen LogP contribution in [0.1, 0.15) is 12.8 Å². The first-order valence-electron chi connectivity index (χ1n) is 3.04. The lowest BCUT2D eigenvalue weighted by molar-refractivity contribution is 0.201. The molecule has 0 heterocycles. The predicted octanol–water partition coefficient (Wildman–Crippen LogP) is 1.01. The van der Waals surface area contributed by atoms with Gasteiger partial charge in [-0.1, -0.05) is 0 Å². The molecule has 1 saturated carbocycles. The van der Waals surface area contributed by atoms with Crippen LogP contribution in [0.4, 0.5) is 0 Å². The second kappa shape index (κ2) is 2.28. The van der Waals surface area contributed by atoms with E-state index in [2.05, 4.69) is 31.6 Å². The molecule has 0 aliphatic heterocycles. The molecule has 1 rings (SSSR count). The van der Waals surface area contributed by atoms with E-state index in [1.165, 1.54) is 12.8 Å². The van der Waals surface area contributed by atoms with Crippen molar-refractivity contribution < 1.29 is 0 Å². The molecule has 0 atom stereocenters. The zero-order valence-electron chi connectivity index (χ0n) is 5.46. The average Bonchev–Trinajstić information content (AvgIpc) is 1.57. The summed E-state index contributed by atoms with van der Waals surface area (Å²) >= 11 is 4.31. The molecule has 0 aromatic carbocycles. The van der Waals surface area contributed by atoms with Gasteiger partial charge in [-0.2, -0.15) is 12.6 Å². The number of thiol groups is 1. The Morgan fingerprint density at radius 1 is 1.38 bits per heavy atom. The molecule has 1 aliphatic rings. The Balaban J connectivity index is 2.15. The Morgan fingerprint density at radius 3 is 2.00 bits per heavy atom. The van der Waals surface area contributed by atoms with Gasteiger partial charge in [-0.25, -0.2) is 0 Å². The van der Waals surface area contributed by atoms with E-state index < -0.39 is 0 Å². The molecule has 0 aromatic heterocycles. The average molecular weight is 131 g/mol. The molecule has 1 aliphatic carbocycles. The molecule has 48 valence electrons. The highest BCUT2D eigenvalue weighted by Gasteiger charge is 2.27. The van der Waals surface area contributed by atoms with E-state index in [1.54, 1.807) is 0 Å². The maximum Gasteiger partial charge on any atom is 0.0110 e. The monoisotopic (exact) mass is 131 g/mol. The standard InChI is InChI=1S/C6H13NS/c1-7(2)5-3-6(8)4-5/h5-6,8H,3-4H2,1-2H3. The Bertz CT molecular complexity index is 76.6. The Kier molecular flexibility index (Phi) is 1.83. The summed E-state index contributed by atoms with van der Waals surface area (Å²) in [6, 6.07) is 0.817.